The topological polar surface area (TPSA) is 87.0 Å². The van der Waals surface area contributed by atoms with Crippen molar-refractivity contribution in [1.82, 2.24) is 9.97 Å². The summed E-state index contributed by atoms with van der Waals surface area (Å²) in [6.07, 6.45) is 1.60. The molecular weight excluding hydrogens is 180 g/mol. The lowest BCUT2D eigenvalue weighted by Crippen LogP contribution is -2.12. The van der Waals surface area contributed by atoms with Crippen molar-refractivity contribution in [2.45, 2.75) is 19.4 Å². The molecule has 5 nitrogen and oxygen atoms in total. The summed E-state index contributed by atoms with van der Waals surface area (Å²) >= 11 is 0. The quantitative estimate of drug-likeness (QED) is 0.637. The van der Waals surface area contributed by atoms with Crippen LogP contribution in [0.25, 0.3) is 0 Å². The number of nitrogens with two attached hydrogens (primary N) is 2. The maximum absolute atomic E-state index is 5.82. The summed E-state index contributed by atoms with van der Waals surface area (Å²) in [5, 5.41) is 0. The lowest BCUT2D eigenvalue weighted by atomic mass is 10.1. The number of nitrogen functional groups attached to an aromatic ring is 1. The highest BCUT2D eigenvalue weighted by atomic mass is 16.5. The van der Waals surface area contributed by atoms with Crippen molar-refractivity contribution in [3.8, 4) is 0 Å². The zero-order valence-electron chi connectivity index (χ0n) is 7.99. The first-order chi connectivity index (χ1) is 6.81. The van der Waals surface area contributed by atoms with E-state index in [1.54, 1.807) is 0 Å². The lowest BCUT2D eigenvalue weighted by molar-refractivity contribution is 0.146. The van der Waals surface area contributed by atoms with E-state index < -0.39 is 0 Å². The summed E-state index contributed by atoms with van der Waals surface area (Å²) in [5.41, 5.74) is 13.3. The second kappa shape index (κ2) is 3.89. The van der Waals surface area contributed by atoms with Gasteiger partial charge in [-0.05, 0) is 0 Å². The van der Waals surface area contributed by atoms with Crippen LogP contribution in [-0.4, -0.2) is 23.2 Å². The highest BCUT2D eigenvalue weighted by Gasteiger charge is 2.14. The maximum atomic E-state index is 5.82. The lowest BCUT2D eigenvalue weighted by Gasteiger charge is -2.08. The highest BCUT2D eigenvalue weighted by Crippen LogP contribution is 2.17. The van der Waals surface area contributed by atoms with Crippen LogP contribution in [0.2, 0.25) is 0 Å². The second-order valence-corrected chi connectivity index (χ2v) is 3.27. The number of aromatic nitrogens is 2. The fraction of sp³-hybridized carbons (Fsp3) is 0.556. The molecule has 76 valence electrons. The van der Waals surface area contributed by atoms with Crippen LogP contribution in [-0.2, 0) is 24.1 Å². The first-order valence-corrected chi connectivity index (χ1v) is 4.73. The number of rotatable bonds is 1. The largest absolute Gasteiger partial charge is 0.383 e. The van der Waals surface area contributed by atoms with Gasteiger partial charge in [-0.3, -0.25) is 0 Å². The number of anilines is 1. The summed E-state index contributed by atoms with van der Waals surface area (Å²) in [5.74, 6) is 1.17. The first kappa shape index (κ1) is 9.36. The van der Waals surface area contributed by atoms with Gasteiger partial charge in [0, 0.05) is 18.4 Å². The normalized spacial score (nSPS) is 16.1. The van der Waals surface area contributed by atoms with Gasteiger partial charge in [0.2, 0.25) is 0 Å². The minimum Gasteiger partial charge on any atom is -0.383 e. The van der Waals surface area contributed by atoms with Gasteiger partial charge in [-0.15, -0.1) is 0 Å². The van der Waals surface area contributed by atoms with Crippen molar-refractivity contribution < 1.29 is 4.74 Å². The van der Waals surface area contributed by atoms with E-state index in [2.05, 4.69) is 9.97 Å². The average Bonchev–Trinajstić information content (AvgIpc) is 2.42. The Bertz CT molecular complexity index is 340. The zero-order chi connectivity index (χ0) is 9.97. The van der Waals surface area contributed by atoms with E-state index in [1.807, 2.05) is 0 Å². The van der Waals surface area contributed by atoms with Gasteiger partial charge in [0.05, 0.1) is 25.5 Å². The summed E-state index contributed by atoms with van der Waals surface area (Å²) in [4.78, 5) is 8.49. The third-order valence-corrected chi connectivity index (χ3v) is 2.33. The number of ether oxygens (including phenoxy) is 1. The van der Waals surface area contributed by atoms with Gasteiger partial charge >= 0.3 is 0 Å². The molecule has 1 aliphatic heterocycles. The van der Waals surface area contributed by atoms with Crippen LogP contribution in [0.1, 0.15) is 17.1 Å². The van der Waals surface area contributed by atoms with Crippen LogP contribution in [0.4, 0.5) is 5.82 Å². The van der Waals surface area contributed by atoms with E-state index in [-0.39, 0.29) is 0 Å². The van der Waals surface area contributed by atoms with Crippen molar-refractivity contribution >= 4 is 5.82 Å². The Morgan fingerprint density at radius 2 is 2.00 bits per heavy atom. The molecule has 0 aromatic carbocycles. The van der Waals surface area contributed by atoms with Crippen LogP contribution in [0, 0.1) is 0 Å². The minimum atomic E-state index is 0.332. The van der Waals surface area contributed by atoms with E-state index in [0.717, 1.165) is 24.1 Å². The molecule has 2 rings (SSSR count). The van der Waals surface area contributed by atoms with Gasteiger partial charge < -0.3 is 16.2 Å². The molecular formula is C9H14N4O. The molecule has 0 fully saturated rings. The predicted molar refractivity (Wildman–Crippen MR) is 52.6 cm³/mol. The molecule has 14 heavy (non-hydrogen) atoms. The fourth-order valence-electron chi connectivity index (χ4n) is 1.62. The van der Waals surface area contributed by atoms with Gasteiger partial charge in [-0.25, -0.2) is 9.97 Å². The van der Waals surface area contributed by atoms with Crippen molar-refractivity contribution in [3.05, 3.63) is 17.1 Å². The molecule has 0 amide bonds. The van der Waals surface area contributed by atoms with Crippen LogP contribution >= 0.6 is 0 Å². The first-order valence-electron chi connectivity index (χ1n) is 4.73. The molecule has 1 aromatic rings. The van der Waals surface area contributed by atoms with Gasteiger partial charge in [0.25, 0.3) is 0 Å². The molecule has 0 saturated carbocycles. The summed E-state index contributed by atoms with van der Waals surface area (Å²) in [7, 11) is 0. The third kappa shape index (κ3) is 1.69. The van der Waals surface area contributed by atoms with Crippen LogP contribution < -0.4 is 11.5 Å². The summed E-state index contributed by atoms with van der Waals surface area (Å²) < 4.78 is 5.35. The molecule has 5 heteroatoms. The summed E-state index contributed by atoms with van der Waals surface area (Å²) in [6.45, 7) is 1.73. The van der Waals surface area contributed by atoms with Crippen LogP contribution in [0.3, 0.4) is 0 Å². The van der Waals surface area contributed by atoms with Gasteiger partial charge in [-0.1, -0.05) is 0 Å². The van der Waals surface area contributed by atoms with Gasteiger partial charge in [0.15, 0.2) is 0 Å². The standard InChI is InChI=1S/C9H14N4O/c10-5-8-12-7-2-4-14-3-1-6(7)9(11)13-8/h1-5,10H2,(H2,11,12,13). The van der Waals surface area contributed by atoms with E-state index in [1.165, 1.54) is 0 Å². The zero-order valence-corrected chi connectivity index (χ0v) is 7.99. The summed E-state index contributed by atoms with van der Waals surface area (Å²) in [6, 6.07) is 0. The van der Waals surface area contributed by atoms with Gasteiger partial charge in [-0.2, -0.15) is 0 Å². The number of hydrogen-bond acceptors (Lipinski definition) is 5. The van der Waals surface area contributed by atoms with E-state index >= 15 is 0 Å². The Hall–Kier alpha value is -1.20. The van der Waals surface area contributed by atoms with Gasteiger partial charge in [0.1, 0.15) is 11.6 Å². The molecule has 0 saturated heterocycles. The van der Waals surface area contributed by atoms with E-state index in [4.69, 9.17) is 16.2 Å². The van der Waals surface area contributed by atoms with E-state index in [0.29, 0.717) is 31.4 Å². The molecule has 0 unspecified atom stereocenters. The fourth-order valence-corrected chi connectivity index (χ4v) is 1.62. The SMILES string of the molecule is NCc1nc(N)c2c(n1)CCOCC2. The average molecular weight is 194 g/mol. The second-order valence-electron chi connectivity index (χ2n) is 3.27. The molecule has 0 bridgehead atoms. The van der Waals surface area contributed by atoms with Crippen molar-refractivity contribution in [1.29, 1.82) is 0 Å². The number of nitrogens with zero attached hydrogens (tertiary/aromatic N) is 2. The Morgan fingerprint density at radius 3 is 2.79 bits per heavy atom. The number of fused-ring (bicyclic) bond motifs is 1. The number of hydrogen-bond donors (Lipinski definition) is 2. The maximum Gasteiger partial charge on any atom is 0.144 e. The van der Waals surface area contributed by atoms with Crippen molar-refractivity contribution in [2.24, 2.45) is 5.73 Å². The van der Waals surface area contributed by atoms with Crippen LogP contribution in [0.5, 0.6) is 0 Å². The molecule has 0 spiro atoms. The third-order valence-electron chi connectivity index (χ3n) is 2.33. The molecule has 0 radical (unpaired) electrons. The smallest absolute Gasteiger partial charge is 0.144 e. The predicted octanol–water partition coefficient (Wildman–Crippen LogP) is -0.367. The monoisotopic (exact) mass is 194 g/mol. The molecule has 0 atom stereocenters. The molecule has 1 aromatic heterocycles. The Balaban J connectivity index is 2.43. The molecule has 4 N–H and O–H groups in total. The van der Waals surface area contributed by atoms with Crippen molar-refractivity contribution in [2.75, 3.05) is 18.9 Å². The molecule has 2 heterocycles. The Morgan fingerprint density at radius 1 is 1.21 bits per heavy atom. The molecule has 0 aliphatic carbocycles. The highest BCUT2D eigenvalue weighted by molar-refractivity contribution is 5.43. The minimum absolute atomic E-state index is 0.332. The Kier molecular flexibility index (Phi) is 2.60. The molecule has 1 aliphatic rings. The van der Waals surface area contributed by atoms with Crippen molar-refractivity contribution in [3.63, 3.8) is 0 Å². The Labute approximate surface area is 82.5 Å². The van der Waals surface area contributed by atoms with E-state index in [9.17, 15) is 0 Å². The van der Waals surface area contributed by atoms with Crippen LogP contribution in [0.15, 0.2) is 0 Å².